The fraction of sp³-hybridized carbons (Fsp3) is 0.500. The van der Waals surface area contributed by atoms with Gasteiger partial charge in [-0.15, -0.1) is 5.75 Å². The normalized spacial score (nSPS) is 10.1. The molecule has 0 bridgehead atoms. The van der Waals surface area contributed by atoms with Crippen molar-refractivity contribution in [1.82, 2.24) is 0 Å². The van der Waals surface area contributed by atoms with Crippen molar-refractivity contribution in [2.24, 2.45) is 0 Å². The van der Waals surface area contributed by atoms with E-state index in [0.717, 1.165) is 37.7 Å². The largest absolute Gasteiger partial charge is 2.00 e. The van der Waals surface area contributed by atoms with Crippen LogP contribution in [0, 0.1) is 0 Å². The van der Waals surface area contributed by atoms with Crippen LogP contribution in [0.4, 0.5) is 0 Å². The van der Waals surface area contributed by atoms with E-state index < -0.39 is 11.9 Å². The Hall–Kier alpha value is -1.76. The molecule has 2 aromatic carbocycles. The smallest absolute Gasteiger partial charge is 0.872 e. The molecule has 2 aromatic rings. The Labute approximate surface area is 239 Å². The number of aromatic carboxylic acids is 2. The van der Waals surface area contributed by atoms with Gasteiger partial charge < -0.3 is 25.2 Å². The minimum Gasteiger partial charge on any atom is -0.872 e. The molecule has 0 heterocycles. The monoisotopic (exact) mass is 510 g/mol. The Kier molecular flexibility index (Phi) is 18.5. The van der Waals surface area contributed by atoms with Gasteiger partial charge in [-0.25, -0.2) is 4.79 Å². The molecule has 188 valence electrons. The number of carbonyl (C=O) groups excluding carboxylic acids is 1. The van der Waals surface area contributed by atoms with Gasteiger partial charge in [-0.05, 0) is 55.0 Å². The third-order valence-corrected chi connectivity index (χ3v) is 5.72. The van der Waals surface area contributed by atoms with Crippen LogP contribution in [-0.2, 0) is 12.8 Å². The number of aryl methyl sites for hydroxylation is 2. The van der Waals surface area contributed by atoms with E-state index in [0.29, 0.717) is 12.0 Å². The zero-order chi connectivity index (χ0) is 25.3. The summed E-state index contributed by atoms with van der Waals surface area (Å²) < 4.78 is 0. The summed E-state index contributed by atoms with van der Waals surface area (Å²) in [6, 6.07) is 8.52. The molecule has 2 N–H and O–H groups in total. The number of unbranched alkanes of at least 4 members (excludes halogenated alkanes) is 8. The molecule has 35 heavy (non-hydrogen) atoms. The summed E-state index contributed by atoms with van der Waals surface area (Å²) in [5, 5.41) is 40.7. The van der Waals surface area contributed by atoms with Gasteiger partial charge in [-0.2, -0.15) is 0 Å². The summed E-state index contributed by atoms with van der Waals surface area (Å²) in [6.45, 7) is 4.32. The molecule has 0 radical (unpaired) electrons. The van der Waals surface area contributed by atoms with Gasteiger partial charge in [0, 0.05) is 0 Å². The van der Waals surface area contributed by atoms with Crippen molar-refractivity contribution in [2.45, 2.75) is 90.9 Å². The average molecular weight is 511 g/mol. The first-order valence-electron chi connectivity index (χ1n) is 12.4. The Morgan fingerprint density at radius 1 is 0.743 bits per heavy atom. The van der Waals surface area contributed by atoms with Crippen molar-refractivity contribution in [1.29, 1.82) is 0 Å². The maximum Gasteiger partial charge on any atom is 2.00 e. The van der Waals surface area contributed by atoms with Crippen molar-refractivity contribution < 1.29 is 30.0 Å². The molecule has 0 unspecified atom stereocenters. The zero-order valence-corrected chi connectivity index (χ0v) is 23.4. The van der Waals surface area contributed by atoms with Gasteiger partial charge in [0.1, 0.15) is 5.75 Å². The van der Waals surface area contributed by atoms with Crippen LogP contribution < -0.4 is 10.2 Å². The first-order valence-corrected chi connectivity index (χ1v) is 12.4. The Morgan fingerprint density at radius 2 is 1.23 bits per heavy atom. The molecule has 0 atom stereocenters. The molecular formula is C28H38CaO6. The molecule has 0 aliphatic carbocycles. The second-order valence-electron chi connectivity index (χ2n) is 8.59. The quantitative estimate of drug-likeness (QED) is 0.277. The van der Waals surface area contributed by atoms with Gasteiger partial charge in [0.2, 0.25) is 0 Å². The van der Waals surface area contributed by atoms with Gasteiger partial charge in [0.05, 0.1) is 11.5 Å². The summed E-state index contributed by atoms with van der Waals surface area (Å²) >= 11 is 0. The molecule has 0 amide bonds. The number of carboxylic acid groups (broad SMARTS) is 2. The van der Waals surface area contributed by atoms with E-state index >= 15 is 0 Å². The van der Waals surface area contributed by atoms with Crippen LogP contribution in [-0.4, -0.2) is 59.9 Å². The third kappa shape index (κ3) is 13.8. The molecule has 0 saturated heterocycles. The fourth-order valence-corrected chi connectivity index (χ4v) is 3.66. The van der Waals surface area contributed by atoms with E-state index in [1.807, 2.05) is 0 Å². The number of phenolic OH excluding ortho intramolecular Hbond substituents is 1. The van der Waals surface area contributed by atoms with E-state index in [9.17, 15) is 24.9 Å². The summed E-state index contributed by atoms with van der Waals surface area (Å²) in [6.07, 6.45) is 12.8. The van der Waals surface area contributed by atoms with Crippen LogP contribution in [0.15, 0.2) is 36.4 Å². The third-order valence-electron chi connectivity index (χ3n) is 5.72. The van der Waals surface area contributed by atoms with E-state index in [2.05, 4.69) is 13.8 Å². The van der Waals surface area contributed by atoms with Gasteiger partial charge in [0.15, 0.2) is 0 Å². The van der Waals surface area contributed by atoms with Crippen molar-refractivity contribution in [3.63, 3.8) is 0 Å². The van der Waals surface area contributed by atoms with Crippen LogP contribution in [0.1, 0.15) is 110 Å². The molecule has 0 saturated carbocycles. The Bertz CT molecular complexity index is 824. The van der Waals surface area contributed by atoms with Crippen LogP contribution in [0.25, 0.3) is 0 Å². The van der Waals surface area contributed by atoms with Crippen molar-refractivity contribution in [2.75, 3.05) is 0 Å². The van der Waals surface area contributed by atoms with E-state index in [1.165, 1.54) is 68.9 Å². The molecule has 6 nitrogen and oxygen atoms in total. The SMILES string of the molecule is CCCCCCCc1cc(C(=O)O)ccc1O.CCCCCCCc1cc(C(=O)[O-])ccc1[O-].[Ca+2]. The van der Waals surface area contributed by atoms with E-state index in [4.69, 9.17) is 5.11 Å². The Balaban J connectivity index is 0.000000642. The second kappa shape index (κ2) is 19.4. The van der Waals surface area contributed by atoms with Crippen LogP contribution in [0.3, 0.4) is 0 Å². The number of carbonyl (C=O) groups is 2. The van der Waals surface area contributed by atoms with Gasteiger partial charge in [0.25, 0.3) is 0 Å². The van der Waals surface area contributed by atoms with Gasteiger partial charge in [-0.3, -0.25) is 0 Å². The molecule has 2 rings (SSSR count). The first kappa shape index (κ1) is 33.2. The molecular weight excluding hydrogens is 472 g/mol. The first-order chi connectivity index (χ1) is 16.3. The molecule has 7 heteroatoms. The minimum atomic E-state index is -1.22. The van der Waals surface area contributed by atoms with E-state index in [-0.39, 0.29) is 60.4 Å². The topological polar surface area (TPSA) is 121 Å². The van der Waals surface area contributed by atoms with Gasteiger partial charge >= 0.3 is 43.7 Å². The van der Waals surface area contributed by atoms with Gasteiger partial charge in [-0.1, -0.05) is 89.0 Å². The number of hydrogen-bond acceptors (Lipinski definition) is 5. The predicted molar refractivity (Wildman–Crippen MR) is 136 cm³/mol. The number of hydrogen-bond donors (Lipinski definition) is 2. The maximum atomic E-state index is 11.5. The van der Waals surface area contributed by atoms with Crippen LogP contribution in [0.2, 0.25) is 0 Å². The van der Waals surface area contributed by atoms with E-state index in [1.54, 1.807) is 6.07 Å². The number of aromatic hydroxyl groups is 1. The average Bonchev–Trinajstić information content (AvgIpc) is 2.81. The van der Waals surface area contributed by atoms with Crippen molar-refractivity contribution >= 4 is 49.7 Å². The number of rotatable bonds is 14. The molecule has 0 aliphatic heterocycles. The Morgan fingerprint density at radius 3 is 1.74 bits per heavy atom. The fourth-order valence-electron chi connectivity index (χ4n) is 3.66. The number of benzene rings is 2. The molecule has 0 spiro atoms. The summed E-state index contributed by atoms with van der Waals surface area (Å²) in [4.78, 5) is 21.5. The molecule has 0 aliphatic rings. The zero-order valence-electron chi connectivity index (χ0n) is 21.2. The molecule has 0 fully saturated rings. The standard InChI is InChI=1S/2C14H20O3.Ca/c2*1-2-3-4-5-6-7-11-10-12(14(16)17)8-9-13(11)15;/h2*8-10,15H,2-7H2,1H3,(H,16,17);/q;;+2/p-2. The second-order valence-corrected chi connectivity index (χ2v) is 8.59. The van der Waals surface area contributed by atoms with Crippen LogP contribution >= 0.6 is 0 Å². The summed E-state index contributed by atoms with van der Waals surface area (Å²) in [7, 11) is 0. The summed E-state index contributed by atoms with van der Waals surface area (Å²) in [5.74, 6) is -2.05. The molecule has 0 aromatic heterocycles. The minimum absolute atomic E-state index is 0. The number of phenols is 1. The van der Waals surface area contributed by atoms with Crippen molar-refractivity contribution in [3.05, 3.63) is 58.7 Å². The predicted octanol–water partition coefficient (Wildman–Crippen LogP) is 4.86. The number of carboxylic acids is 2. The van der Waals surface area contributed by atoms with Crippen molar-refractivity contribution in [3.8, 4) is 11.5 Å². The maximum absolute atomic E-state index is 11.5. The van der Waals surface area contributed by atoms with Crippen LogP contribution in [0.5, 0.6) is 11.5 Å². The summed E-state index contributed by atoms with van der Waals surface area (Å²) in [5.41, 5.74) is 1.66.